The molecule has 0 saturated heterocycles. The molecule has 0 aliphatic heterocycles. The van der Waals surface area contributed by atoms with E-state index in [2.05, 4.69) is 0 Å². The maximum Gasteiger partial charge on any atom is 0.307 e. The average molecular weight is 211 g/mol. The molecule has 0 radical (unpaired) electrons. The topological polar surface area (TPSA) is 37.3 Å². The van der Waals surface area contributed by atoms with Gasteiger partial charge in [0, 0.05) is 5.02 Å². The predicted molar refractivity (Wildman–Crippen MR) is 54.6 cm³/mol. The van der Waals surface area contributed by atoms with Crippen LogP contribution in [-0.2, 0) is 4.79 Å². The summed E-state index contributed by atoms with van der Waals surface area (Å²) < 4.78 is 0. The van der Waals surface area contributed by atoms with E-state index in [0.29, 0.717) is 5.02 Å². The lowest BCUT2D eigenvalue weighted by Crippen LogP contribution is -2.30. The number of carbonyl (C=O) groups is 1. The summed E-state index contributed by atoms with van der Waals surface area (Å²) in [6, 6.07) is 7.49. The van der Waals surface area contributed by atoms with E-state index >= 15 is 0 Å². The summed E-state index contributed by atoms with van der Waals surface area (Å²) in [5.41, 5.74) is 1.05. The van der Waals surface area contributed by atoms with Gasteiger partial charge in [0.05, 0.1) is 5.92 Å². The minimum Gasteiger partial charge on any atom is -0.481 e. The van der Waals surface area contributed by atoms with Gasteiger partial charge in [-0.25, -0.2) is 0 Å². The van der Waals surface area contributed by atoms with Crippen molar-refractivity contribution >= 4 is 17.6 Å². The highest BCUT2D eigenvalue weighted by Gasteiger charge is 2.37. The van der Waals surface area contributed by atoms with Gasteiger partial charge in [-0.15, -0.1) is 0 Å². The Hall–Kier alpha value is -1.02. The average Bonchev–Trinajstić information content (AvgIpc) is 2.00. The Morgan fingerprint density at radius 3 is 2.71 bits per heavy atom. The van der Waals surface area contributed by atoms with E-state index < -0.39 is 5.97 Å². The molecule has 0 aromatic heterocycles. The minimum absolute atomic E-state index is 0.159. The Morgan fingerprint density at radius 1 is 1.43 bits per heavy atom. The van der Waals surface area contributed by atoms with Gasteiger partial charge in [-0.05, 0) is 36.5 Å². The van der Waals surface area contributed by atoms with Crippen molar-refractivity contribution in [2.75, 3.05) is 0 Å². The molecule has 1 saturated carbocycles. The summed E-state index contributed by atoms with van der Waals surface area (Å²) in [4.78, 5) is 10.8. The van der Waals surface area contributed by atoms with Crippen LogP contribution in [0.25, 0.3) is 0 Å². The number of halogens is 1. The summed E-state index contributed by atoms with van der Waals surface area (Å²) in [5.74, 6) is -0.749. The Kier molecular flexibility index (Phi) is 2.46. The molecule has 2 atom stereocenters. The first kappa shape index (κ1) is 9.53. The molecule has 0 spiro atoms. The van der Waals surface area contributed by atoms with E-state index in [9.17, 15) is 4.79 Å². The molecule has 0 bridgehead atoms. The first-order valence-electron chi connectivity index (χ1n) is 4.67. The molecule has 1 aromatic rings. The summed E-state index contributed by atoms with van der Waals surface area (Å²) in [6.07, 6.45) is 1.74. The van der Waals surface area contributed by atoms with E-state index in [4.69, 9.17) is 16.7 Å². The third-order valence-electron chi connectivity index (χ3n) is 2.87. The Bertz CT molecular complexity index is 362. The normalized spacial score (nSPS) is 25.5. The van der Waals surface area contributed by atoms with Crippen molar-refractivity contribution in [2.24, 2.45) is 5.92 Å². The SMILES string of the molecule is O=C(O)C1CCC1c1cccc(Cl)c1. The molecule has 1 N–H and O–H groups in total. The van der Waals surface area contributed by atoms with E-state index in [1.54, 1.807) is 6.07 Å². The van der Waals surface area contributed by atoms with Crippen LogP contribution in [0.15, 0.2) is 24.3 Å². The van der Waals surface area contributed by atoms with Crippen molar-refractivity contribution in [3.8, 4) is 0 Å². The molecule has 0 amide bonds. The molecular weight excluding hydrogens is 200 g/mol. The lowest BCUT2D eigenvalue weighted by Gasteiger charge is -2.33. The Morgan fingerprint density at radius 2 is 2.21 bits per heavy atom. The van der Waals surface area contributed by atoms with Gasteiger partial charge >= 0.3 is 5.97 Å². The zero-order valence-electron chi connectivity index (χ0n) is 7.61. The van der Waals surface area contributed by atoms with E-state index in [0.717, 1.165) is 18.4 Å². The maximum atomic E-state index is 10.8. The van der Waals surface area contributed by atoms with Gasteiger partial charge in [0.2, 0.25) is 0 Å². The first-order valence-corrected chi connectivity index (χ1v) is 5.04. The fraction of sp³-hybridized carbons (Fsp3) is 0.364. The highest BCUT2D eigenvalue weighted by atomic mass is 35.5. The van der Waals surface area contributed by atoms with Gasteiger partial charge in [0.15, 0.2) is 0 Å². The van der Waals surface area contributed by atoms with Crippen LogP contribution >= 0.6 is 11.6 Å². The highest BCUT2D eigenvalue weighted by molar-refractivity contribution is 6.30. The molecule has 2 unspecified atom stereocenters. The van der Waals surface area contributed by atoms with Gasteiger partial charge in [-0.2, -0.15) is 0 Å². The van der Waals surface area contributed by atoms with Gasteiger partial charge in [0.25, 0.3) is 0 Å². The number of hydrogen-bond donors (Lipinski definition) is 1. The maximum absolute atomic E-state index is 10.8. The van der Waals surface area contributed by atoms with Crippen molar-refractivity contribution in [3.05, 3.63) is 34.9 Å². The molecule has 0 heterocycles. The molecule has 1 aliphatic carbocycles. The molecule has 2 nitrogen and oxygen atoms in total. The van der Waals surface area contributed by atoms with Crippen LogP contribution in [0.1, 0.15) is 24.3 Å². The van der Waals surface area contributed by atoms with Crippen LogP contribution in [-0.4, -0.2) is 11.1 Å². The second-order valence-electron chi connectivity index (χ2n) is 3.68. The Balaban J connectivity index is 2.20. The predicted octanol–water partition coefficient (Wildman–Crippen LogP) is 2.92. The van der Waals surface area contributed by atoms with Gasteiger partial charge in [0.1, 0.15) is 0 Å². The number of aliphatic carboxylic acids is 1. The molecule has 1 fully saturated rings. The molecule has 2 rings (SSSR count). The monoisotopic (exact) mass is 210 g/mol. The van der Waals surface area contributed by atoms with Gasteiger partial charge in [-0.3, -0.25) is 4.79 Å². The first-order chi connectivity index (χ1) is 6.68. The molecule has 14 heavy (non-hydrogen) atoms. The lowest BCUT2D eigenvalue weighted by atomic mass is 9.70. The summed E-state index contributed by atoms with van der Waals surface area (Å²) >= 11 is 5.85. The second-order valence-corrected chi connectivity index (χ2v) is 4.12. The molecule has 3 heteroatoms. The zero-order valence-corrected chi connectivity index (χ0v) is 8.37. The number of benzene rings is 1. The third kappa shape index (κ3) is 1.62. The summed E-state index contributed by atoms with van der Waals surface area (Å²) in [6.45, 7) is 0. The smallest absolute Gasteiger partial charge is 0.307 e. The van der Waals surface area contributed by atoms with E-state index in [1.807, 2.05) is 18.2 Å². The second kappa shape index (κ2) is 3.62. The number of hydrogen-bond acceptors (Lipinski definition) is 1. The third-order valence-corrected chi connectivity index (χ3v) is 3.10. The van der Waals surface area contributed by atoms with Gasteiger partial charge in [-0.1, -0.05) is 23.7 Å². The number of rotatable bonds is 2. The van der Waals surface area contributed by atoms with E-state index in [1.165, 1.54) is 0 Å². The van der Waals surface area contributed by atoms with Crippen LogP contribution in [0.5, 0.6) is 0 Å². The largest absolute Gasteiger partial charge is 0.481 e. The van der Waals surface area contributed by atoms with Crippen molar-refractivity contribution in [1.82, 2.24) is 0 Å². The Labute approximate surface area is 87.5 Å². The molecular formula is C11H11ClO2. The summed E-state index contributed by atoms with van der Waals surface area (Å²) in [7, 11) is 0. The molecule has 74 valence electrons. The van der Waals surface area contributed by atoms with Crippen LogP contribution in [0.3, 0.4) is 0 Å². The standard InChI is InChI=1S/C11H11ClO2/c12-8-3-1-2-7(6-8)9-4-5-10(9)11(13)14/h1-3,6,9-10H,4-5H2,(H,13,14). The number of carboxylic acid groups (broad SMARTS) is 1. The summed E-state index contributed by atoms with van der Waals surface area (Å²) in [5, 5.41) is 9.58. The quantitative estimate of drug-likeness (QED) is 0.815. The van der Waals surface area contributed by atoms with Crippen molar-refractivity contribution in [3.63, 3.8) is 0 Å². The minimum atomic E-state index is -0.693. The van der Waals surface area contributed by atoms with Crippen molar-refractivity contribution in [1.29, 1.82) is 0 Å². The van der Waals surface area contributed by atoms with Crippen molar-refractivity contribution < 1.29 is 9.90 Å². The molecule has 1 aliphatic rings. The van der Waals surface area contributed by atoms with Crippen LogP contribution < -0.4 is 0 Å². The van der Waals surface area contributed by atoms with Gasteiger partial charge < -0.3 is 5.11 Å². The highest BCUT2D eigenvalue weighted by Crippen LogP contribution is 2.42. The van der Waals surface area contributed by atoms with Crippen LogP contribution in [0.4, 0.5) is 0 Å². The van der Waals surface area contributed by atoms with Crippen LogP contribution in [0, 0.1) is 5.92 Å². The van der Waals surface area contributed by atoms with E-state index in [-0.39, 0.29) is 11.8 Å². The number of carboxylic acids is 1. The zero-order chi connectivity index (χ0) is 10.1. The van der Waals surface area contributed by atoms with Crippen molar-refractivity contribution in [2.45, 2.75) is 18.8 Å². The fourth-order valence-corrected chi connectivity index (χ4v) is 2.13. The van der Waals surface area contributed by atoms with Crippen LogP contribution in [0.2, 0.25) is 5.02 Å². The fourth-order valence-electron chi connectivity index (χ4n) is 1.93. The molecule has 1 aromatic carbocycles. The lowest BCUT2D eigenvalue weighted by molar-refractivity contribution is -0.145.